The zero-order chi connectivity index (χ0) is 14.9. The zero-order valence-electron chi connectivity index (χ0n) is 12.6. The average Bonchev–Trinajstić information content (AvgIpc) is 2.93. The number of nitrogens with two attached hydrogens (primary N) is 1. The molecule has 5 nitrogen and oxygen atoms in total. The third-order valence-corrected chi connectivity index (χ3v) is 4.58. The topological polar surface area (TPSA) is 71.2 Å². The minimum atomic E-state index is -0.115. The van der Waals surface area contributed by atoms with Crippen molar-refractivity contribution in [2.45, 2.75) is 52.6 Å². The van der Waals surface area contributed by atoms with Crippen LogP contribution >= 0.6 is 11.5 Å². The number of carbonyl (C=O) groups excluding carboxylic acids is 1. The van der Waals surface area contributed by atoms with Gasteiger partial charge in [-0.2, -0.15) is 4.37 Å². The molecule has 0 spiro atoms. The lowest BCUT2D eigenvalue weighted by Crippen LogP contribution is -2.36. The molecule has 1 aromatic heterocycles. The summed E-state index contributed by atoms with van der Waals surface area (Å²) in [6.07, 6.45) is 2.33. The molecule has 0 aromatic carbocycles. The smallest absolute Gasteiger partial charge is 0.258 e. The van der Waals surface area contributed by atoms with E-state index in [1.54, 1.807) is 0 Å². The Morgan fingerprint density at radius 3 is 2.75 bits per heavy atom. The number of rotatable bonds is 4. The molecule has 3 N–H and O–H groups in total. The number of hydrogen-bond acceptors (Lipinski definition) is 5. The summed E-state index contributed by atoms with van der Waals surface area (Å²) in [5.41, 5.74) is 6.47. The van der Waals surface area contributed by atoms with E-state index in [-0.39, 0.29) is 11.9 Å². The summed E-state index contributed by atoms with van der Waals surface area (Å²) in [5.74, 6) is 0.787. The first-order valence-electron chi connectivity index (χ1n) is 7.24. The molecule has 0 aliphatic carbocycles. The van der Waals surface area contributed by atoms with Crippen molar-refractivity contribution in [3.63, 3.8) is 0 Å². The molecular weight excluding hydrogens is 272 g/mol. The second-order valence-corrected chi connectivity index (χ2v) is 6.77. The molecule has 0 bridgehead atoms. The van der Waals surface area contributed by atoms with E-state index in [1.165, 1.54) is 18.0 Å². The molecule has 0 radical (unpaired) electrons. The maximum atomic E-state index is 12.3. The molecule has 2 heterocycles. The third kappa shape index (κ3) is 2.90. The largest absolute Gasteiger partial charge is 0.382 e. The van der Waals surface area contributed by atoms with Gasteiger partial charge in [-0.15, -0.1) is 0 Å². The van der Waals surface area contributed by atoms with Crippen molar-refractivity contribution in [1.82, 2.24) is 9.69 Å². The van der Waals surface area contributed by atoms with Crippen LogP contribution in [0.4, 0.5) is 10.8 Å². The summed E-state index contributed by atoms with van der Waals surface area (Å²) in [6, 6.07) is 0.564. The SMILES string of the molecule is CC(C)NC(=O)c1c(N)nsc1N1CCCC1C(C)C. The number of nitrogens with one attached hydrogen (secondary N) is 1. The predicted octanol–water partition coefficient (Wildman–Crippen LogP) is 2.49. The second-order valence-electron chi connectivity index (χ2n) is 6.02. The Morgan fingerprint density at radius 1 is 1.45 bits per heavy atom. The summed E-state index contributed by atoms with van der Waals surface area (Å²) < 4.78 is 4.20. The van der Waals surface area contributed by atoms with Gasteiger partial charge in [0.25, 0.3) is 5.91 Å². The number of hydrogen-bond donors (Lipinski definition) is 2. The highest BCUT2D eigenvalue weighted by Crippen LogP contribution is 2.37. The van der Waals surface area contributed by atoms with Crippen molar-refractivity contribution in [1.29, 1.82) is 0 Å². The molecule has 0 saturated carbocycles. The van der Waals surface area contributed by atoms with Crippen molar-refractivity contribution < 1.29 is 4.79 Å². The molecule has 1 aliphatic rings. The van der Waals surface area contributed by atoms with Crippen molar-refractivity contribution in [2.75, 3.05) is 17.2 Å². The van der Waals surface area contributed by atoms with Crippen molar-refractivity contribution in [3.05, 3.63) is 5.56 Å². The highest BCUT2D eigenvalue weighted by atomic mass is 32.1. The minimum Gasteiger partial charge on any atom is -0.382 e. The molecule has 1 amide bonds. The molecular formula is C14H24N4OS. The lowest BCUT2D eigenvalue weighted by atomic mass is 10.0. The van der Waals surface area contributed by atoms with E-state index in [0.29, 0.717) is 23.3 Å². The molecule has 1 atom stereocenters. The Bertz CT molecular complexity index is 484. The summed E-state index contributed by atoms with van der Waals surface area (Å²) >= 11 is 1.34. The van der Waals surface area contributed by atoms with E-state index < -0.39 is 0 Å². The van der Waals surface area contributed by atoms with Crippen LogP contribution in [0.15, 0.2) is 0 Å². The Morgan fingerprint density at radius 2 is 2.15 bits per heavy atom. The van der Waals surface area contributed by atoms with Crippen LogP contribution in [0.3, 0.4) is 0 Å². The van der Waals surface area contributed by atoms with Gasteiger partial charge in [-0.3, -0.25) is 4.79 Å². The van der Waals surface area contributed by atoms with Gasteiger partial charge >= 0.3 is 0 Å². The molecule has 1 fully saturated rings. The molecule has 1 aromatic rings. The van der Waals surface area contributed by atoms with Crippen LogP contribution in [0.5, 0.6) is 0 Å². The Labute approximate surface area is 124 Å². The van der Waals surface area contributed by atoms with E-state index >= 15 is 0 Å². The van der Waals surface area contributed by atoms with Crippen LogP contribution in [0, 0.1) is 5.92 Å². The summed E-state index contributed by atoms with van der Waals surface area (Å²) in [4.78, 5) is 14.7. The van der Waals surface area contributed by atoms with Gasteiger partial charge in [0.15, 0.2) is 5.82 Å². The molecule has 2 rings (SSSR count). The van der Waals surface area contributed by atoms with Gasteiger partial charge in [0.2, 0.25) is 0 Å². The Balaban J connectivity index is 2.31. The highest BCUT2D eigenvalue weighted by molar-refractivity contribution is 7.11. The third-order valence-electron chi connectivity index (χ3n) is 3.68. The van der Waals surface area contributed by atoms with Gasteiger partial charge in [0.05, 0.1) is 0 Å². The molecule has 20 heavy (non-hydrogen) atoms. The van der Waals surface area contributed by atoms with Crippen molar-refractivity contribution >= 4 is 28.3 Å². The fourth-order valence-electron chi connectivity index (χ4n) is 2.77. The number of anilines is 2. The minimum absolute atomic E-state index is 0.0918. The number of carbonyl (C=O) groups is 1. The quantitative estimate of drug-likeness (QED) is 0.895. The standard InChI is InChI=1S/C14H24N4OS/c1-8(2)10-6-5-7-18(10)14-11(12(15)17-20-14)13(19)16-9(3)4/h8-10H,5-7H2,1-4H3,(H2,15,17)(H,16,19). The fraction of sp³-hybridized carbons (Fsp3) is 0.714. The lowest BCUT2D eigenvalue weighted by Gasteiger charge is -2.28. The zero-order valence-corrected chi connectivity index (χ0v) is 13.5. The van der Waals surface area contributed by atoms with E-state index in [4.69, 9.17) is 5.73 Å². The highest BCUT2D eigenvalue weighted by Gasteiger charge is 2.32. The van der Waals surface area contributed by atoms with E-state index in [2.05, 4.69) is 28.4 Å². The van der Waals surface area contributed by atoms with Crippen LogP contribution in [0.2, 0.25) is 0 Å². The molecule has 112 valence electrons. The van der Waals surface area contributed by atoms with Crippen LogP contribution in [-0.4, -0.2) is 28.9 Å². The van der Waals surface area contributed by atoms with E-state index in [1.807, 2.05) is 13.8 Å². The van der Waals surface area contributed by atoms with Crippen LogP contribution in [-0.2, 0) is 0 Å². The number of nitrogen functional groups attached to an aromatic ring is 1. The number of aromatic nitrogens is 1. The maximum Gasteiger partial charge on any atom is 0.258 e. The average molecular weight is 296 g/mol. The van der Waals surface area contributed by atoms with Crippen LogP contribution < -0.4 is 16.0 Å². The molecule has 1 saturated heterocycles. The van der Waals surface area contributed by atoms with Gasteiger partial charge in [0, 0.05) is 18.6 Å². The Hall–Kier alpha value is -1.30. The van der Waals surface area contributed by atoms with Crippen LogP contribution in [0.25, 0.3) is 0 Å². The number of nitrogens with zero attached hydrogens (tertiary/aromatic N) is 2. The monoisotopic (exact) mass is 296 g/mol. The molecule has 1 unspecified atom stereocenters. The van der Waals surface area contributed by atoms with Crippen molar-refractivity contribution in [3.8, 4) is 0 Å². The lowest BCUT2D eigenvalue weighted by molar-refractivity contribution is 0.0944. The van der Waals surface area contributed by atoms with Gasteiger partial charge in [-0.05, 0) is 44.1 Å². The molecule has 6 heteroatoms. The second kappa shape index (κ2) is 5.99. The van der Waals surface area contributed by atoms with Gasteiger partial charge in [-0.25, -0.2) is 0 Å². The first-order chi connectivity index (χ1) is 9.41. The van der Waals surface area contributed by atoms with Gasteiger partial charge < -0.3 is 16.0 Å². The van der Waals surface area contributed by atoms with Gasteiger partial charge in [0.1, 0.15) is 10.6 Å². The first kappa shape index (κ1) is 15.1. The summed E-state index contributed by atoms with van der Waals surface area (Å²) in [5, 5.41) is 3.84. The molecule has 1 aliphatic heterocycles. The normalized spacial score (nSPS) is 19.1. The fourth-order valence-corrected chi connectivity index (χ4v) is 3.67. The van der Waals surface area contributed by atoms with Gasteiger partial charge in [-0.1, -0.05) is 13.8 Å². The summed E-state index contributed by atoms with van der Waals surface area (Å²) in [6.45, 7) is 9.32. The Kier molecular flexibility index (Phi) is 4.52. The van der Waals surface area contributed by atoms with E-state index in [0.717, 1.165) is 18.0 Å². The van der Waals surface area contributed by atoms with E-state index in [9.17, 15) is 4.79 Å². The van der Waals surface area contributed by atoms with Crippen LogP contribution in [0.1, 0.15) is 50.9 Å². The van der Waals surface area contributed by atoms with Crippen molar-refractivity contribution in [2.24, 2.45) is 5.92 Å². The maximum absolute atomic E-state index is 12.3. The summed E-state index contributed by atoms with van der Waals surface area (Å²) in [7, 11) is 0. The first-order valence-corrected chi connectivity index (χ1v) is 8.01. The number of amides is 1. The predicted molar refractivity (Wildman–Crippen MR) is 84.3 cm³/mol.